The summed E-state index contributed by atoms with van der Waals surface area (Å²) in [6, 6.07) is 18.1. The third-order valence-electron chi connectivity index (χ3n) is 4.26. The minimum Gasteiger partial charge on any atom is -0.325 e. The monoisotopic (exact) mass is 359 g/mol. The number of hydrogen-bond donors (Lipinski definition) is 1. The van der Waals surface area contributed by atoms with Crippen molar-refractivity contribution in [1.29, 1.82) is 0 Å². The van der Waals surface area contributed by atoms with E-state index in [1.807, 2.05) is 48.8 Å². The molecule has 128 valence electrons. The number of nitrogens with zero attached hydrogens (tertiary/aromatic N) is 2. The van der Waals surface area contributed by atoms with Crippen LogP contribution in [0.15, 0.2) is 81.8 Å². The number of aromatic nitrogens is 1. The molecule has 2 aromatic carbocycles. The number of aliphatic imine (C=N–C) groups is 1. The fourth-order valence-corrected chi connectivity index (χ4v) is 3.84. The van der Waals surface area contributed by atoms with Gasteiger partial charge in [0.1, 0.15) is 6.54 Å². The minimum absolute atomic E-state index is 0.0373. The second-order valence-electron chi connectivity index (χ2n) is 5.98. The van der Waals surface area contributed by atoms with Crippen LogP contribution in [0, 0.1) is 0 Å². The van der Waals surface area contributed by atoms with Gasteiger partial charge in [-0.05, 0) is 29.8 Å². The van der Waals surface area contributed by atoms with Crippen molar-refractivity contribution < 1.29 is 4.79 Å². The van der Waals surface area contributed by atoms with Crippen molar-refractivity contribution in [2.24, 2.45) is 10.7 Å². The van der Waals surface area contributed by atoms with Crippen molar-refractivity contribution >= 4 is 23.3 Å². The second kappa shape index (κ2) is 7.23. The molecule has 0 bridgehead atoms. The molecular weight excluding hydrogens is 342 g/mol. The van der Waals surface area contributed by atoms with Crippen LogP contribution in [-0.2, 0) is 0 Å². The van der Waals surface area contributed by atoms with Crippen molar-refractivity contribution in [3.63, 3.8) is 0 Å². The zero-order valence-corrected chi connectivity index (χ0v) is 14.9. The third kappa shape index (κ3) is 3.31. The fourth-order valence-electron chi connectivity index (χ4n) is 2.97. The number of nitrogens with two attached hydrogens (primary N) is 1. The molecule has 0 saturated carbocycles. The average molecular weight is 359 g/mol. The first kappa shape index (κ1) is 16.7. The summed E-state index contributed by atoms with van der Waals surface area (Å²) in [5.41, 5.74) is 10.1. The summed E-state index contributed by atoms with van der Waals surface area (Å²) in [5.74, 6) is 0.0373. The Labute approximate surface area is 156 Å². The highest BCUT2D eigenvalue weighted by Crippen LogP contribution is 2.31. The lowest BCUT2D eigenvalue weighted by Crippen LogP contribution is -2.24. The zero-order chi connectivity index (χ0) is 17.9. The number of fused-ring (bicyclic) bond motifs is 1. The molecule has 0 amide bonds. The molecule has 0 unspecified atom stereocenters. The summed E-state index contributed by atoms with van der Waals surface area (Å²) < 4.78 is 0. The van der Waals surface area contributed by atoms with E-state index in [9.17, 15) is 4.79 Å². The number of rotatable bonds is 4. The molecule has 5 heteroatoms. The lowest BCUT2D eigenvalue weighted by molar-refractivity contribution is 0.1000. The Bertz CT molecular complexity index is 999. The summed E-state index contributed by atoms with van der Waals surface area (Å²) >= 11 is 1.67. The van der Waals surface area contributed by atoms with Crippen LogP contribution in [0.2, 0.25) is 0 Å². The van der Waals surface area contributed by atoms with Gasteiger partial charge in [-0.1, -0.05) is 42.1 Å². The van der Waals surface area contributed by atoms with Crippen molar-refractivity contribution in [2.75, 3.05) is 13.1 Å². The first-order valence-corrected chi connectivity index (χ1v) is 9.15. The molecule has 1 aliphatic heterocycles. The van der Waals surface area contributed by atoms with Crippen LogP contribution in [0.1, 0.15) is 15.9 Å². The molecule has 0 spiro atoms. The molecule has 4 rings (SSSR count). The van der Waals surface area contributed by atoms with Crippen LogP contribution in [0.4, 0.5) is 0 Å². The SMILES string of the molecule is NCC1=NCC(=O)c2ccc(-c3cncc(Sc4ccccc4)c3)cc21. The summed E-state index contributed by atoms with van der Waals surface area (Å²) in [6.45, 7) is 0.509. The Hall–Kier alpha value is -2.76. The molecule has 0 radical (unpaired) electrons. The van der Waals surface area contributed by atoms with Crippen LogP contribution < -0.4 is 5.73 Å². The van der Waals surface area contributed by atoms with E-state index in [0.29, 0.717) is 12.1 Å². The zero-order valence-electron chi connectivity index (χ0n) is 14.1. The highest BCUT2D eigenvalue weighted by molar-refractivity contribution is 7.99. The number of Topliss-reactive ketones (excluding diaryl/α,β-unsaturated/α-hetero) is 1. The van der Waals surface area contributed by atoms with Gasteiger partial charge in [-0.15, -0.1) is 0 Å². The first-order valence-electron chi connectivity index (χ1n) is 8.34. The topological polar surface area (TPSA) is 68.3 Å². The summed E-state index contributed by atoms with van der Waals surface area (Å²) in [6.07, 6.45) is 3.69. The standard InChI is InChI=1S/C21H17N3OS/c22-10-20-19-9-14(6-7-18(19)21(25)13-24-20)15-8-17(12-23-11-15)26-16-4-2-1-3-5-16/h1-9,11-12H,10,13,22H2. The molecule has 3 aromatic rings. The molecule has 0 atom stereocenters. The summed E-state index contributed by atoms with van der Waals surface area (Å²) in [4.78, 5) is 23.0. The van der Waals surface area contributed by atoms with E-state index < -0.39 is 0 Å². The minimum atomic E-state index is 0.0373. The Morgan fingerprint density at radius 2 is 1.77 bits per heavy atom. The molecule has 0 aliphatic carbocycles. The van der Waals surface area contributed by atoms with E-state index in [1.54, 1.807) is 11.8 Å². The van der Waals surface area contributed by atoms with Gasteiger partial charge in [-0.2, -0.15) is 0 Å². The fraction of sp³-hybridized carbons (Fsp3) is 0.0952. The molecule has 1 aromatic heterocycles. The van der Waals surface area contributed by atoms with Gasteiger partial charge in [0.15, 0.2) is 5.78 Å². The predicted octanol–water partition coefficient (Wildman–Crippen LogP) is 3.84. The lowest BCUT2D eigenvalue weighted by atomic mass is 9.93. The maximum atomic E-state index is 12.1. The van der Waals surface area contributed by atoms with Crippen LogP contribution >= 0.6 is 11.8 Å². The van der Waals surface area contributed by atoms with Gasteiger partial charge >= 0.3 is 0 Å². The maximum absolute atomic E-state index is 12.1. The van der Waals surface area contributed by atoms with Crippen LogP contribution in [0.25, 0.3) is 11.1 Å². The smallest absolute Gasteiger partial charge is 0.184 e. The van der Waals surface area contributed by atoms with Crippen molar-refractivity contribution in [1.82, 2.24) is 4.98 Å². The molecule has 0 saturated heterocycles. The van der Waals surface area contributed by atoms with Crippen LogP contribution in [0.3, 0.4) is 0 Å². The van der Waals surface area contributed by atoms with Crippen LogP contribution in [0.5, 0.6) is 0 Å². The molecular formula is C21H17N3OS. The predicted molar refractivity (Wildman–Crippen MR) is 105 cm³/mol. The van der Waals surface area contributed by atoms with Gasteiger partial charge in [-0.25, -0.2) is 0 Å². The van der Waals surface area contributed by atoms with Crippen molar-refractivity contribution in [3.05, 3.63) is 78.1 Å². The van der Waals surface area contributed by atoms with Gasteiger partial charge in [0.25, 0.3) is 0 Å². The molecule has 4 nitrogen and oxygen atoms in total. The Morgan fingerprint density at radius 3 is 2.58 bits per heavy atom. The first-order chi connectivity index (χ1) is 12.7. The lowest BCUT2D eigenvalue weighted by Gasteiger charge is -2.16. The maximum Gasteiger partial charge on any atom is 0.184 e. The van der Waals surface area contributed by atoms with E-state index in [0.717, 1.165) is 27.3 Å². The van der Waals surface area contributed by atoms with Gasteiger partial charge in [-0.3, -0.25) is 14.8 Å². The highest BCUT2D eigenvalue weighted by atomic mass is 32.2. The van der Waals surface area contributed by atoms with E-state index in [2.05, 4.69) is 28.2 Å². The molecule has 2 heterocycles. The number of carbonyl (C=O) groups excluding carboxylic acids is 1. The second-order valence-corrected chi connectivity index (χ2v) is 7.12. The molecule has 26 heavy (non-hydrogen) atoms. The Balaban J connectivity index is 1.69. The van der Waals surface area contributed by atoms with Gasteiger partial charge in [0.2, 0.25) is 0 Å². The third-order valence-corrected chi connectivity index (χ3v) is 5.23. The van der Waals surface area contributed by atoms with E-state index >= 15 is 0 Å². The van der Waals surface area contributed by atoms with E-state index in [4.69, 9.17) is 5.73 Å². The van der Waals surface area contributed by atoms with Crippen molar-refractivity contribution in [3.8, 4) is 11.1 Å². The molecule has 1 aliphatic rings. The number of ketones is 1. The summed E-state index contributed by atoms with van der Waals surface area (Å²) in [7, 11) is 0. The highest BCUT2D eigenvalue weighted by Gasteiger charge is 2.20. The van der Waals surface area contributed by atoms with E-state index in [1.165, 1.54) is 4.90 Å². The molecule has 0 fully saturated rings. The van der Waals surface area contributed by atoms with Crippen LogP contribution in [-0.4, -0.2) is 29.6 Å². The largest absolute Gasteiger partial charge is 0.325 e. The normalized spacial score (nSPS) is 13.3. The molecule has 2 N–H and O–H groups in total. The Morgan fingerprint density at radius 1 is 0.923 bits per heavy atom. The number of carbonyl (C=O) groups is 1. The average Bonchev–Trinajstić information content (AvgIpc) is 2.69. The summed E-state index contributed by atoms with van der Waals surface area (Å²) in [5, 5.41) is 0. The Kier molecular flexibility index (Phi) is 4.65. The van der Waals surface area contributed by atoms with Gasteiger partial charge in [0, 0.05) is 45.4 Å². The number of pyridine rings is 1. The number of hydrogen-bond acceptors (Lipinski definition) is 5. The quantitative estimate of drug-likeness (QED) is 0.768. The van der Waals surface area contributed by atoms with Gasteiger partial charge in [0.05, 0.1) is 5.71 Å². The van der Waals surface area contributed by atoms with Crippen molar-refractivity contribution in [2.45, 2.75) is 9.79 Å². The number of benzene rings is 2. The van der Waals surface area contributed by atoms with E-state index in [-0.39, 0.29) is 12.3 Å². The van der Waals surface area contributed by atoms with Gasteiger partial charge < -0.3 is 5.73 Å².